The molecule has 0 saturated heterocycles. The molecular weight excluding hydrogens is 156 g/mol. The molecule has 0 nitrogen and oxygen atoms in total. The molecule has 0 unspecified atom stereocenters. The minimum absolute atomic E-state index is 0. The first-order valence-electron chi connectivity index (χ1n) is 1.21. The fourth-order valence-corrected chi connectivity index (χ4v) is 0. The summed E-state index contributed by atoms with van der Waals surface area (Å²) in [6.07, 6.45) is 1.00. The van der Waals surface area contributed by atoms with Crippen LogP contribution in [0.3, 0.4) is 0 Å². The molecule has 38 valence electrons. The maximum Gasteiger partial charge on any atom is 1.00 e. The Morgan fingerprint density at radius 1 is 1.60 bits per heavy atom. The molecule has 0 spiro atoms. The molecule has 0 amide bonds. The first-order valence-corrected chi connectivity index (χ1v) is 1.21. The second kappa shape index (κ2) is 21.9. The van der Waals surface area contributed by atoms with Gasteiger partial charge in [-0.3, -0.25) is 0 Å². The second-order valence-electron chi connectivity index (χ2n) is 0.500. The van der Waals surface area contributed by atoms with Gasteiger partial charge in [-0.15, -0.1) is 0 Å². The van der Waals surface area contributed by atoms with E-state index in [0.29, 0.717) is 0 Å². The minimum Gasteiger partial charge on any atom is -0.358 e. The van der Waals surface area contributed by atoms with Crippen LogP contribution in [0.5, 0.6) is 0 Å². The van der Waals surface area contributed by atoms with E-state index < -0.39 is 0 Å². The van der Waals surface area contributed by atoms with Crippen LogP contribution in [-0.2, 0) is 22.4 Å². The third kappa shape index (κ3) is 65.0. The van der Waals surface area contributed by atoms with E-state index in [1.54, 1.807) is 0 Å². The smallest absolute Gasteiger partial charge is 0.358 e. The molecule has 0 atom stereocenters. The summed E-state index contributed by atoms with van der Waals surface area (Å²) in [7, 11) is 0. The zero-order chi connectivity index (χ0) is 2.71. The number of hydrogen-bond acceptors (Lipinski definition) is 0. The van der Waals surface area contributed by atoms with Crippen LogP contribution >= 0.6 is 0 Å². The fraction of sp³-hybridized carbons (Fsp3) is 0.500. The predicted octanol–water partition coefficient (Wildman–Crippen LogP) is 1.68. The van der Waals surface area contributed by atoms with Gasteiger partial charge >= 0.3 is 22.4 Å². The molecule has 0 fully saturated rings. The van der Waals surface area contributed by atoms with Gasteiger partial charge in [0.1, 0.15) is 0 Å². The second-order valence-corrected chi connectivity index (χ2v) is 0.500. The Balaban J connectivity index is -0.0000000200. The molecular formula is C4H10Ag-. The monoisotopic (exact) mass is 165 g/mol. The van der Waals surface area contributed by atoms with Gasteiger partial charge in [0.05, 0.1) is 0 Å². The fourth-order valence-electron chi connectivity index (χ4n) is 0. The Morgan fingerprint density at radius 3 is 1.60 bits per heavy atom. The molecule has 0 aliphatic heterocycles. The van der Waals surface area contributed by atoms with Crippen molar-refractivity contribution in [2.45, 2.75) is 13.3 Å². The van der Waals surface area contributed by atoms with E-state index in [4.69, 9.17) is 0 Å². The Labute approximate surface area is 50.5 Å². The summed E-state index contributed by atoms with van der Waals surface area (Å²) >= 11 is 0. The van der Waals surface area contributed by atoms with Crippen molar-refractivity contribution in [2.75, 3.05) is 0 Å². The Kier molecular flexibility index (Phi) is 75.2. The standard InChI is InChI=1S/C3H7.CH3.Ag/c1-3-2;;/h1,3H2,2H3;1H3;/q2*-1;+1. The van der Waals surface area contributed by atoms with Crippen LogP contribution in [0.2, 0.25) is 0 Å². The van der Waals surface area contributed by atoms with Crippen molar-refractivity contribution in [3.05, 3.63) is 14.4 Å². The van der Waals surface area contributed by atoms with Gasteiger partial charge in [0.25, 0.3) is 0 Å². The average Bonchev–Trinajstić information content (AvgIpc) is 0.918. The van der Waals surface area contributed by atoms with E-state index in [0.717, 1.165) is 6.42 Å². The molecule has 0 aromatic rings. The quantitative estimate of drug-likeness (QED) is 0.379. The maximum absolute atomic E-state index is 3.49. The van der Waals surface area contributed by atoms with Crippen LogP contribution in [0.1, 0.15) is 13.3 Å². The summed E-state index contributed by atoms with van der Waals surface area (Å²) < 4.78 is 0. The van der Waals surface area contributed by atoms with E-state index in [2.05, 4.69) is 6.92 Å². The van der Waals surface area contributed by atoms with Crippen LogP contribution in [0.25, 0.3) is 0 Å². The van der Waals surface area contributed by atoms with Crippen molar-refractivity contribution in [2.24, 2.45) is 0 Å². The summed E-state index contributed by atoms with van der Waals surface area (Å²) in [5.41, 5.74) is 0. The Bertz CT molecular complexity index is 3.61. The molecule has 0 saturated carbocycles. The molecule has 5 heavy (non-hydrogen) atoms. The van der Waals surface area contributed by atoms with Crippen molar-refractivity contribution in [3.8, 4) is 0 Å². The molecule has 0 radical (unpaired) electrons. The van der Waals surface area contributed by atoms with Crippen LogP contribution in [0, 0.1) is 14.4 Å². The molecule has 0 heterocycles. The van der Waals surface area contributed by atoms with E-state index in [-0.39, 0.29) is 29.8 Å². The Hall–Kier alpha value is 0.740. The zero-order valence-corrected chi connectivity index (χ0v) is 5.20. The third-order valence-electron chi connectivity index (χ3n) is 0. The Morgan fingerprint density at radius 2 is 1.60 bits per heavy atom. The SMILES string of the molecule is [Ag+].[CH2-]CC.[CH3-]. The van der Waals surface area contributed by atoms with Gasteiger partial charge in [-0.05, 0) is 0 Å². The van der Waals surface area contributed by atoms with Gasteiger partial charge in [0.2, 0.25) is 0 Å². The van der Waals surface area contributed by atoms with E-state index in [1.807, 2.05) is 6.92 Å². The minimum atomic E-state index is 0. The summed E-state index contributed by atoms with van der Waals surface area (Å²) in [6.45, 7) is 5.50. The molecule has 0 aliphatic carbocycles. The van der Waals surface area contributed by atoms with Gasteiger partial charge in [0, 0.05) is 0 Å². The molecule has 0 aromatic carbocycles. The average molecular weight is 166 g/mol. The maximum atomic E-state index is 3.49. The first kappa shape index (κ1) is 17.2. The summed E-state index contributed by atoms with van der Waals surface area (Å²) in [5, 5.41) is 0. The van der Waals surface area contributed by atoms with Crippen molar-refractivity contribution in [1.82, 2.24) is 0 Å². The van der Waals surface area contributed by atoms with Crippen LogP contribution in [0.4, 0.5) is 0 Å². The topological polar surface area (TPSA) is 0 Å². The molecule has 0 rings (SSSR count). The van der Waals surface area contributed by atoms with Crippen molar-refractivity contribution < 1.29 is 22.4 Å². The van der Waals surface area contributed by atoms with E-state index in [9.17, 15) is 0 Å². The van der Waals surface area contributed by atoms with Gasteiger partial charge in [0.15, 0.2) is 0 Å². The molecule has 0 aromatic heterocycles. The van der Waals surface area contributed by atoms with E-state index >= 15 is 0 Å². The zero-order valence-electron chi connectivity index (χ0n) is 3.72. The van der Waals surface area contributed by atoms with Gasteiger partial charge < -0.3 is 14.4 Å². The van der Waals surface area contributed by atoms with Crippen LogP contribution in [0.15, 0.2) is 0 Å². The number of hydrogen-bond donors (Lipinski definition) is 0. The van der Waals surface area contributed by atoms with E-state index in [1.165, 1.54) is 0 Å². The molecule has 1 heteroatoms. The number of rotatable bonds is 0. The van der Waals surface area contributed by atoms with Crippen LogP contribution in [-0.4, -0.2) is 0 Å². The molecule has 0 N–H and O–H groups in total. The van der Waals surface area contributed by atoms with Gasteiger partial charge in [-0.2, -0.15) is 6.42 Å². The third-order valence-corrected chi connectivity index (χ3v) is 0. The molecule has 0 bridgehead atoms. The largest absolute Gasteiger partial charge is 1.00 e. The molecule has 0 aliphatic rings. The first-order chi connectivity index (χ1) is 1.41. The van der Waals surface area contributed by atoms with Crippen molar-refractivity contribution >= 4 is 0 Å². The van der Waals surface area contributed by atoms with Crippen molar-refractivity contribution in [1.29, 1.82) is 0 Å². The van der Waals surface area contributed by atoms with Crippen LogP contribution < -0.4 is 0 Å². The van der Waals surface area contributed by atoms with Crippen molar-refractivity contribution in [3.63, 3.8) is 0 Å². The summed E-state index contributed by atoms with van der Waals surface area (Å²) in [5.74, 6) is 0. The van der Waals surface area contributed by atoms with Gasteiger partial charge in [-0.25, -0.2) is 0 Å². The normalized spacial score (nSPS) is 3.60. The summed E-state index contributed by atoms with van der Waals surface area (Å²) in [6, 6.07) is 0. The van der Waals surface area contributed by atoms with Gasteiger partial charge in [-0.1, -0.05) is 6.92 Å². The summed E-state index contributed by atoms with van der Waals surface area (Å²) in [4.78, 5) is 0. The predicted molar refractivity (Wildman–Crippen MR) is 22.1 cm³/mol.